The lowest BCUT2D eigenvalue weighted by Crippen LogP contribution is -2.04. The fourth-order valence-corrected chi connectivity index (χ4v) is 1.55. The molecule has 0 bridgehead atoms. The van der Waals surface area contributed by atoms with Crippen LogP contribution < -0.4 is 5.32 Å². The third kappa shape index (κ3) is 2.96. The summed E-state index contributed by atoms with van der Waals surface area (Å²) in [6.45, 7) is 2.53. The van der Waals surface area contributed by atoms with Gasteiger partial charge >= 0.3 is 5.97 Å². The van der Waals surface area contributed by atoms with E-state index in [0.29, 0.717) is 19.0 Å². The van der Waals surface area contributed by atoms with Gasteiger partial charge in [0.1, 0.15) is 5.52 Å². The molecule has 90 valence electrons. The van der Waals surface area contributed by atoms with E-state index >= 15 is 0 Å². The lowest BCUT2D eigenvalue weighted by Gasteiger charge is -1.98. The number of aliphatic carboxylic acids is 1. The molecule has 0 amide bonds. The van der Waals surface area contributed by atoms with Crippen molar-refractivity contribution in [2.24, 2.45) is 0 Å². The molecule has 2 aromatic rings. The Morgan fingerprint density at radius 2 is 2.35 bits per heavy atom. The molecule has 0 aliphatic rings. The second-order valence-electron chi connectivity index (χ2n) is 3.91. The van der Waals surface area contributed by atoms with Crippen LogP contribution in [0.2, 0.25) is 0 Å². The van der Waals surface area contributed by atoms with Crippen LogP contribution in [-0.2, 0) is 4.79 Å². The van der Waals surface area contributed by atoms with Gasteiger partial charge in [-0.2, -0.15) is 4.98 Å². The highest BCUT2D eigenvalue weighted by Crippen LogP contribution is 2.19. The average Bonchev–Trinajstić information content (AvgIpc) is 2.66. The molecule has 2 rings (SSSR count). The molecule has 1 heterocycles. The van der Waals surface area contributed by atoms with Crippen molar-refractivity contribution in [2.45, 2.75) is 19.8 Å². The number of nitrogens with zero attached hydrogens (tertiary/aromatic N) is 1. The van der Waals surface area contributed by atoms with Crippen LogP contribution >= 0.6 is 0 Å². The Morgan fingerprint density at radius 3 is 3.12 bits per heavy atom. The lowest BCUT2D eigenvalue weighted by atomic mass is 10.2. The van der Waals surface area contributed by atoms with Crippen LogP contribution in [0.4, 0.5) is 6.01 Å². The number of aryl methyl sites for hydroxylation is 1. The fraction of sp³-hybridized carbons (Fsp3) is 0.333. The first-order valence-corrected chi connectivity index (χ1v) is 5.48. The molecule has 5 heteroatoms. The van der Waals surface area contributed by atoms with E-state index in [1.807, 2.05) is 25.1 Å². The molecule has 0 unspecified atom stereocenters. The maximum absolute atomic E-state index is 10.3. The minimum absolute atomic E-state index is 0.145. The summed E-state index contributed by atoms with van der Waals surface area (Å²) < 4.78 is 5.46. The summed E-state index contributed by atoms with van der Waals surface area (Å²) in [4.78, 5) is 14.6. The van der Waals surface area contributed by atoms with Gasteiger partial charge in [0.15, 0.2) is 5.58 Å². The SMILES string of the molecule is Cc1ccc2oc(NCCCC(=O)O)nc2c1. The quantitative estimate of drug-likeness (QED) is 0.777. The summed E-state index contributed by atoms with van der Waals surface area (Å²) in [6, 6.07) is 6.22. The summed E-state index contributed by atoms with van der Waals surface area (Å²) in [5, 5.41) is 11.5. The summed E-state index contributed by atoms with van der Waals surface area (Å²) >= 11 is 0. The van der Waals surface area contributed by atoms with Gasteiger partial charge in [-0.15, -0.1) is 0 Å². The highest BCUT2D eigenvalue weighted by Gasteiger charge is 2.05. The van der Waals surface area contributed by atoms with Crippen LogP contribution in [0, 0.1) is 6.92 Å². The molecule has 0 saturated carbocycles. The van der Waals surface area contributed by atoms with E-state index < -0.39 is 5.97 Å². The van der Waals surface area contributed by atoms with Crippen molar-refractivity contribution < 1.29 is 14.3 Å². The van der Waals surface area contributed by atoms with Gasteiger partial charge in [-0.3, -0.25) is 4.79 Å². The van der Waals surface area contributed by atoms with Crippen LogP contribution in [0.3, 0.4) is 0 Å². The number of fused-ring (bicyclic) bond motifs is 1. The molecular formula is C12H14N2O3. The number of hydrogen-bond acceptors (Lipinski definition) is 4. The number of oxazole rings is 1. The van der Waals surface area contributed by atoms with Gasteiger partial charge in [-0.05, 0) is 31.0 Å². The first-order chi connectivity index (χ1) is 8.15. The Labute approximate surface area is 98.5 Å². The van der Waals surface area contributed by atoms with E-state index in [4.69, 9.17) is 9.52 Å². The Kier molecular flexibility index (Phi) is 3.27. The predicted molar refractivity (Wildman–Crippen MR) is 64.1 cm³/mol. The second kappa shape index (κ2) is 4.86. The highest BCUT2D eigenvalue weighted by atomic mass is 16.4. The van der Waals surface area contributed by atoms with Crippen LogP contribution in [0.5, 0.6) is 0 Å². The minimum Gasteiger partial charge on any atom is -0.481 e. The molecule has 2 N–H and O–H groups in total. The Morgan fingerprint density at radius 1 is 1.53 bits per heavy atom. The number of carbonyl (C=O) groups is 1. The van der Waals surface area contributed by atoms with Crippen molar-refractivity contribution >= 4 is 23.1 Å². The van der Waals surface area contributed by atoms with E-state index in [-0.39, 0.29) is 6.42 Å². The predicted octanol–water partition coefficient (Wildman–Crippen LogP) is 2.41. The monoisotopic (exact) mass is 234 g/mol. The average molecular weight is 234 g/mol. The van der Waals surface area contributed by atoms with Gasteiger partial charge in [0, 0.05) is 13.0 Å². The van der Waals surface area contributed by atoms with Gasteiger partial charge in [0.2, 0.25) is 0 Å². The number of rotatable bonds is 5. The molecule has 17 heavy (non-hydrogen) atoms. The molecule has 0 aliphatic carbocycles. The number of nitrogens with one attached hydrogen (secondary N) is 1. The molecule has 0 saturated heterocycles. The molecule has 0 spiro atoms. The van der Waals surface area contributed by atoms with E-state index in [9.17, 15) is 4.79 Å². The summed E-state index contributed by atoms with van der Waals surface area (Å²) in [6.07, 6.45) is 0.694. The van der Waals surface area contributed by atoms with Gasteiger partial charge < -0.3 is 14.8 Å². The maximum atomic E-state index is 10.3. The first-order valence-electron chi connectivity index (χ1n) is 5.48. The lowest BCUT2D eigenvalue weighted by molar-refractivity contribution is -0.137. The van der Waals surface area contributed by atoms with Crippen LogP contribution in [-0.4, -0.2) is 22.6 Å². The molecule has 5 nitrogen and oxygen atoms in total. The molecule has 0 fully saturated rings. The van der Waals surface area contributed by atoms with Crippen molar-refractivity contribution in [3.63, 3.8) is 0 Å². The van der Waals surface area contributed by atoms with Gasteiger partial charge in [0.05, 0.1) is 0 Å². The number of aromatic nitrogens is 1. The van der Waals surface area contributed by atoms with Crippen molar-refractivity contribution in [2.75, 3.05) is 11.9 Å². The Hall–Kier alpha value is -2.04. The summed E-state index contributed by atoms with van der Waals surface area (Å²) in [5.41, 5.74) is 2.67. The number of carboxylic acid groups (broad SMARTS) is 1. The van der Waals surface area contributed by atoms with Crippen LogP contribution in [0.1, 0.15) is 18.4 Å². The zero-order chi connectivity index (χ0) is 12.3. The normalized spacial score (nSPS) is 10.6. The largest absolute Gasteiger partial charge is 0.481 e. The van der Waals surface area contributed by atoms with Gasteiger partial charge in [0.25, 0.3) is 6.01 Å². The number of anilines is 1. The first kappa shape index (κ1) is 11.4. The summed E-state index contributed by atoms with van der Waals surface area (Å²) in [7, 11) is 0. The van der Waals surface area contributed by atoms with E-state index in [1.165, 1.54) is 0 Å². The second-order valence-corrected chi connectivity index (χ2v) is 3.91. The molecular weight excluding hydrogens is 220 g/mol. The van der Waals surface area contributed by atoms with Crippen molar-refractivity contribution in [1.82, 2.24) is 4.98 Å². The van der Waals surface area contributed by atoms with Gasteiger partial charge in [-0.25, -0.2) is 0 Å². The van der Waals surface area contributed by atoms with Crippen molar-refractivity contribution in [1.29, 1.82) is 0 Å². The van der Waals surface area contributed by atoms with Crippen molar-refractivity contribution in [3.05, 3.63) is 23.8 Å². The Balaban J connectivity index is 1.97. The highest BCUT2D eigenvalue weighted by molar-refractivity contribution is 5.75. The standard InChI is InChI=1S/C12H14N2O3/c1-8-4-5-10-9(7-8)14-12(17-10)13-6-2-3-11(15)16/h4-5,7H,2-3,6H2,1H3,(H,13,14)(H,15,16). The maximum Gasteiger partial charge on any atom is 0.303 e. The molecule has 0 aliphatic heterocycles. The summed E-state index contributed by atoms with van der Waals surface area (Å²) in [5.74, 6) is -0.792. The van der Waals surface area contributed by atoms with Crippen LogP contribution in [0.15, 0.2) is 22.6 Å². The molecule has 1 aromatic heterocycles. The smallest absolute Gasteiger partial charge is 0.303 e. The molecule has 1 aromatic carbocycles. The van der Waals surface area contributed by atoms with E-state index in [2.05, 4.69) is 10.3 Å². The van der Waals surface area contributed by atoms with Crippen LogP contribution in [0.25, 0.3) is 11.1 Å². The minimum atomic E-state index is -0.792. The third-order valence-electron chi connectivity index (χ3n) is 2.39. The third-order valence-corrected chi connectivity index (χ3v) is 2.39. The van der Waals surface area contributed by atoms with E-state index in [0.717, 1.165) is 16.7 Å². The zero-order valence-electron chi connectivity index (χ0n) is 9.56. The number of benzene rings is 1. The Bertz CT molecular complexity index is 534. The molecule has 0 radical (unpaired) electrons. The number of hydrogen-bond donors (Lipinski definition) is 2. The number of carboxylic acids is 1. The van der Waals surface area contributed by atoms with Gasteiger partial charge in [-0.1, -0.05) is 6.07 Å². The zero-order valence-corrected chi connectivity index (χ0v) is 9.56. The topological polar surface area (TPSA) is 75.4 Å². The van der Waals surface area contributed by atoms with Crippen molar-refractivity contribution in [3.8, 4) is 0 Å². The fourth-order valence-electron chi connectivity index (χ4n) is 1.55. The van der Waals surface area contributed by atoms with E-state index in [1.54, 1.807) is 0 Å². The molecule has 0 atom stereocenters.